The van der Waals surface area contributed by atoms with Gasteiger partial charge in [-0.05, 0) is 70.2 Å². The third-order valence-electron chi connectivity index (χ3n) is 4.79. The molecule has 2 aromatic carbocycles. The van der Waals surface area contributed by atoms with Crippen LogP contribution in [0.3, 0.4) is 0 Å². The number of ether oxygens (including phenoxy) is 3. The number of carbonyl (C=O) groups is 2. The summed E-state index contributed by atoms with van der Waals surface area (Å²) in [6, 6.07) is 9.77. The Hall–Kier alpha value is -2.58. The molecule has 2 aromatic rings. The van der Waals surface area contributed by atoms with Crippen LogP contribution >= 0.6 is 11.6 Å². The molecule has 1 fully saturated rings. The normalized spacial score (nSPS) is 18.7. The Balaban J connectivity index is 2.11. The first-order valence-electron chi connectivity index (χ1n) is 9.31. The van der Waals surface area contributed by atoms with Crippen molar-refractivity contribution in [1.29, 1.82) is 0 Å². The Kier molecular flexibility index (Phi) is 5.84. The number of rotatable bonds is 4. The molecule has 0 unspecified atom stereocenters. The molecule has 31 heavy (non-hydrogen) atoms. The highest BCUT2D eigenvalue weighted by molar-refractivity contribution is 6.30. The fraction of sp³-hybridized carbons (Fsp3) is 0.364. The zero-order chi connectivity index (χ0) is 23.2. The lowest BCUT2D eigenvalue weighted by atomic mass is 9.75. The molecule has 1 aliphatic rings. The van der Waals surface area contributed by atoms with Gasteiger partial charge in [-0.15, -0.1) is 13.2 Å². The van der Waals surface area contributed by atoms with E-state index in [1.54, 1.807) is 24.3 Å². The Labute approximate surface area is 182 Å². The first-order chi connectivity index (χ1) is 14.2. The Morgan fingerprint density at radius 2 is 1.42 bits per heavy atom. The van der Waals surface area contributed by atoms with Crippen molar-refractivity contribution in [1.82, 2.24) is 0 Å². The van der Waals surface area contributed by atoms with E-state index in [9.17, 15) is 22.8 Å². The molecule has 0 aliphatic carbocycles. The highest BCUT2D eigenvalue weighted by Gasteiger charge is 2.54. The van der Waals surface area contributed by atoms with Crippen molar-refractivity contribution in [3.05, 3.63) is 53.1 Å². The maximum absolute atomic E-state index is 13.0. The molecular formula is C22H20ClF3O5. The summed E-state index contributed by atoms with van der Waals surface area (Å²) in [6.07, 6.45) is -5.02. The first-order valence-corrected chi connectivity index (χ1v) is 9.69. The zero-order valence-corrected chi connectivity index (χ0v) is 17.9. The highest BCUT2D eigenvalue weighted by Crippen LogP contribution is 2.43. The van der Waals surface area contributed by atoms with Crippen LogP contribution < -0.4 is 9.47 Å². The predicted octanol–water partition coefficient (Wildman–Crippen LogP) is 5.84. The summed E-state index contributed by atoms with van der Waals surface area (Å²) < 4.78 is 54.4. The fourth-order valence-corrected chi connectivity index (χ4v) is 3.63. The summed E-state index contributed by atoms with van der Waals surface area (Å²) in [7, 11) is 0. The number of alkyl halides is 3. The minimum atomic E-state index is -5.02. The largest absolute Gasteiger partial charge is 0.573 e. The Morgan fingerprint density at radius 1 is 0.903 bits per heavy atom. The molecule has 0 spiro atoms. The molecule has 0 aromatic heterocycles. The minimum Gasteiger partial charge on any atom is -0.457 e. The topological polar surface area (TPSA) is 61.8 Å². The number of hydrogen-bond donors (Lipinski definition) is 0. The molecule has 1 saturated heterocycles. The molecule has 0 N–H and O–H groups in total. The van der Waals surface area contributed by atoms with Gasteiger partial charge in [-0.3, -0.25) is 9.59 Å². The van der Waals surface area contributed by atoms with Gasteiger partial charge in [0.2, 0.25) is 0 Å². The average molecular weight is 457 g/mol. The molecule has 166 valence electrons. The second-order valence-corrected chi connectivity index (χ2v) is 8.52. The molecule has 1 aliphatic heterocycles. The number of Topliss-reactive ketones (excluding diaryl/α,β-unsaturated/α-hetero) is 2. The molecule has 5 nitrogen and oxygen atoms in total. The lowest BCUT2D eigenvalue weighted by Gasteiger charge is -2.42. The van der Waals surface area contributed by atoms with E-state index >= 15 is 0 Å². The van der Waals surface area contributed by atoms with E-state index in [4.69, 9.17) is 21.1 Å². The van der Waals surface area contributed by atoms with Crippen molar-refractivity contribution in [3.63, 3.8) is 0 Å². The molecule has 0 bridgehead atoms. The standard InChI is InChI=1S/C22H20ClF3O5/c1-20(2)18(27)17(19(28)21(3,4)31-20)15-11-14(9-10-16(15)30-22(24,25)26)29-13-7-5-12(23)6-8-13/h5-11,17H,1-4H3. The Bertz CT molecular complexity index is 987. The number of halogens is 4. The summed E-state index contributed by atoms with van der Waals surface area (Å²) in [5.74, 6) is -3.04. The summed E-state index contributed by atoms with van der Waals surface area (Å²) in [4.78, 5) is 26.1. The lowest BCUT2D eigenvalue weighted by Crippen LogP contribution is -2.57. The SMILES string of the molecule is CC1(C)OC(C)(C)C(=O)C(c2cc(Oc3ccc(Cl)cc3)ccc2OC(F)(F)F)C1=O. The van der Waals surface area contributed by atoms with Crippen LogP contribution in [0.5, 0.6) is 17.2 Å². The van der Waals surface area contributed by atoms with Gasteiger partial charge in [0.05, 0.1) is 0 Å². The molecule has 3 rings (SSSR count). The minimum absolute atomic E-state index is 0.120. The van der Waals surface area contributed by atoms with Crippen LogP contribution in [0.25, 0.3) is 0 Å². The van der Waals surface area contributed by atoms with Gasteiger partial charge >= 0.3 is 6.36 Å². The van der Waals surface area contributed by atoms with Crippen LogP contribution in [0.2, 0.25) is 5.02 Å². The molecule has 0 saturated carbocycles. The van der Waals surface area contributed by atoms with Crippen LogP contribution in [0, 0.1) is 0 Å². The maximum atomic E-state index is 13.0. The van der Waals surface area contributed by atoms with Crippen LogP contribution in [0.1, 0.15) is 39.2 Å². The average Bonchev–Trinajstić information content (AvgIpc) is 2.62. The van der Waals surface area contributed by atoms with E-state index in [0.717, 1.165) is 6.07 Å². The summed E-state index contributed by atoms with van der Waals surface area (Å²) in [5, 5.41) is 0.477. The Morgan fingerprint density at radius 3 is 1.94 bits per heavy atom. The quantitative estimate of drug-likeness (QED) is 0.541. The van der Waals surface area contributed by atoms with Gasteiger partial charge < -0.3 is 14.2 Å². The van der Waals surface area contributed by atoms with Crippen LogP contribution in [0.4, 0.5) is 13.2 Å². The highest BCUT2D eigenvalue weighted by atomic mass is 35.5. The molecule has 9 heteroatoms. The van der Waals surface area contributed by atoms with E-state index in [-0.39, 0.29) is 11.3 Å². The molecule has 0 amide bonds. The van der Waals surface area contributed by atoms with Crippen molar-refractivity contribution in [2.75, 3.05) is 0 Å². The molecular weight excluding hydrogens is 437 g/mol. The van der Waals surface area contributed by atoms with Gasteiger partial charge in [-0.1, -0.05) is 11.6 Å². The van der Waals surface area contributed by atoms with Gasteiger partial charge in [-0.2, -0.15) is 0 Å². The fourth-order valence-electron chi connectivity index (χ4n) is 3.51. The number of ketones is 2. The van der Waals surface area contributed by atoms with Crippen molar-refractivity contribution < 1.29 is 37.0 Å². The predicted molar refractivity (Wildman–Crippen MR) is 107 cm³/mol. The summed E-state index contributed by atoms with van der Waals surface area (Å²) >= 11 is 5.84. The summed E-state index contributed by atoms with van der Waals surface area (Å²) in [5.41, 5.74) is -3.04. The number of hydrogen-bond acceptors (Lipinski definition) is 5. The molecule has 0 atom stereocenters. The van der Waals surface area contributed by atoms with Gasteiger partial charge in [0, 0.05) is 10.6 Å². The van der Waals surface area contributed by atoms with Gasteiger partial charge in [0.25, 0.3) is 0 Å². The van der Waals surface area contributed by atoms with E-state index in [0.29, 0.717) is 10.8 Å². The van der Waals surface area contributed by atoms with Crippen LogP contribution in [-0.4, -0.2) is 29.1 Å². The number of carbonyl (C=O) groups excluding carboxylic acids is 2. The van der Waals surface area contributed by atoms with E-state index in [1.165, 1.54) is 39.8 Å². The van der Waals surface area contributed by atoms with Crippen molar-refractivity contribution >= 4 is 23.2 Å². The van der Waals surface area contributed by atoms with Crippen LogP contribution in [0.15, 0.2) is 42.5 Å². The van der Waals surface area contributed by atoms with Gasteiger partial charge in [0.1, 0.15) is 34.4 Å². The van der Waals surface area contributed by atoms with Crippen molar-refractivity contribution in [2.24, 2.45) is 0 Å². The molecule has 0 radical (unpaired) electrons. The molecule has 1 heterocycles. The van der Waals surface area contributed by atoms with Crippen molar-refractivity contribution in [2.45, 2.75) is 51.2 Å². The smallest absolute Gasteiger partial charge is 0.457 e. The second-order valence-electron chi connectivity index (χ2n) is 8.09. The van der Waals surface area contributed by atoms with Crippen molar-refractivity contribution in [3.8, 4) is 17.2 Å². The second kappa shape index (κ2) is 7.84. The first kappa shape index (κ1) is 23.1. The van der Waals surface area contributed by atoms with E-state index in [2.05, 4.69) is 4.74 Å². The van der Waals surface area contributed by atoms with Gasteiger partial charge in [-0.25, -0.2) is 0 Å². The third kappa shape index (κ3) is 5.02. The summed E-state index contributed by atoms with van der Waals surface area (Å²) in [6.45, 7) is 5.87. The monoisotopic (exact) mass is 456 g/mol. The number of benzene rings is 2. The van der Waals surface area contributed by atoms with E-state index in [1.807, 2.05) is 0 Å². The van der Waals surface area contributed by atoms with Gasteiger partial charge in [0.15, 0.2) is 11.6 Å². The third-order valence-corrected chi connectivity index (χ3v) is 5.04. The lowest BCUT2D eigenvalue weighted by molar-refractivity contribution is -0.275. The van der Waals surface area contributed by atoms with E-state index < -0.39 is 40.8 Å². The zero-order valence-electron chi connectivity index (χ0n) is 17.2. The van der Waals surface area contributed by atoms with Crippen LogP contribution in [-0.2, 0) is 14.3 Å². The maximum Gasteiger partial charge on any atom is 0.573 e.